The van der Waals surface area contributed by atoms with Crippen LogP contribution in [0.25, 0.3) is 0 Å². The normalized spacial score (nSPS) is 20.6. The van der Waals surface area contributed by atoms with Gasteiger partial charge in [0.25, 0.3) is 0 Å². The maximum Gasteiger partial charge on any atom is 0.326 e. The Morgan fingerprint density at radius 1 is 1.67 bits per heavy atom. The van der Waals surface area contributed by atoms with Crippen LogP contribution in [-0.4, -0.2) is 63.8 Å². The second-order valence-electron chi connectivity index (χ2n) is 5.10. The maximum atomic E-state index is 12.2. The third kappa shape index (κ3) is 4.45. The van der Waals surface area contributed by atoms with Crippen LogP contribution in [0.2, 0.25) is 0 Å². The number of amides is 2. The number of hydrogen-bond acceptors (Lipinski definition) is 4. The molecule has 1 fully saturated rings. The fraction of sp³-hybridized carbons (Fsp3) is 0.615. The van der Waals surface area contributed by atoms with Gasteiger partial charge in [0.15, 0.2) is 0 Å². The van der Waals surface area contributed by atoms with Crippen molar-refractivity contribution < 1.29 is 19.4 Å². The molecule has 1 aromatic rings. The first-order valence-electron chi connectivity index (χ1n) is 6.93. The molecule has 0 aliphatic carbocycles. The van der Waals surface area contributed by atoms with Crippen LogP contribution in [0.5, 0.6) is 0 Å². The van der Waals surface area contributed by atoms with E-state index in [0.717, 1.165) is 6.42 Å². The smallest absolute Gasteiger partial charge is 0.326 e. The topological polar surface area (TPSA) is 108 Å². The predicted molar refractivity (Wildman–Crippen MR) is 73.9 cm³/mol. The summed E-state index contributed by atoms with van der Waals surface area (Å²) in [5.74, 6) is -1.07. The monoisotopic (exact) mass is 296 g/mol. The summed E-state index contributed by atoms with van der Waals surface area (Å²) in [5.41, 5.74) is 0.662. The molecule has 1 unspecified atom stereocenters. The number of carboxylic acid groups (broad SMARTS) is 1. The molecule has 0 spiro atoms. The number of aliphatic carboxylic acids is 1. The van der Waals surface area contributed by atoms with E-state index in [1.54, 1.807) is 11.1 Å². The Morgan fingerprint density at radius 2 is 2.48 bits per heavy atom. The molecule has 21 heavy (non-hydrogen) atoms. The number of urea groups is 1. The maximum absolute atomic E-state index is 12.2. The summed E-state index contributed by atoms with van der Waals surface area (Å²) in [6.07, 6.45) is 3.89. The molecule has 2 heterocycles. The molecule has 0 bridgehead atoms. The highest BCUT2D eigenvalue weighted by Gasteiger charge is 2.25. The second-order valence-corrected chi connectivity index (χ2v) is 5.10. The van der Waals surface area contributed by atoms with Crippen molar-refractivity contribution >= 4 is 12.0 Å². The van der Waals surface area contributed by atoms with Gasteiger partial charge in [0.1, 0.15) is 6.04 Å². The fourth-order valence-electron chi connectivity index (χ4n) is 2.24. The number of H-pyrrole nitrogens is 1. The number of carboxylic acids is 1. The number of rotatable bonds is 4. The van der Waals surface area contributed by atoms with Gasteiger partial charge in [-0.15, -0.1) is 0 Å². The van der Waals surface area contributed by atoms with E-state index in [0.29, 0.717) is 25.4 Å². The van der Waals surface area contributed by atoms with E-state index in [1.165, 1.54) is 6.33 Å². The molecule has 0 saturated carbocycles. The van der Waals surface area contributed by atoms with E-state index in [9.17, 15) is 14.7 Å². The highest BCUT2D eigenvalue weighted by molar-refractivity contribution is 5.82. The summed E-state index contributed by atoms with van der Waals surface area (Å²) < 4.78 is 5.47. The summed E-state index contributed by atoms with van der Waals surface area (Å²) in [6, 6.07) is -1.36. The lowest BCUT2D eigenvalue weighted by Gasteiger charge is -2.24. The number of imidazole rings is 1. The molecule has 0 aromatic carbocycles. The molecular weight excluding hydrogens is 276 g/mol. The summed E-state index contributed by atoms with van der Waals surface area (Å²) in [6.45, 7) is 3.53. The van der Waals surface area contributed by atoms with Crippen molar-refractivity contribution in [3.8, 4) is 0 Å². The van der Waals surface area contributed by atoms with E-state index in [4.69, 9.17) is 4.74 Å². The first-order chi connectivity index (χ1) is 10.1. The van der Waals surface area contributed by atoms with Crippen LogP contribution < -0.4 is 5.32 Å². The Labute approximate surface area is 122 Å². The molecule has 116 valence electrons. The van der Waals surface area contributed by atoms with Crippen molar-refractivity contribution in [1.82, 2.24) is 20.2 Å². The molecular formula is C13H20N4O4. The van der Waals surface area contributed by atoms with E-state index in [-0.39, 0.29) is 18.6 Å². The van der Waals surface area contributed by atoms with Gasteiger partial charge in [-0.1, -0.05) is 0 Å². The first kappa shape index (κ1) is 15.3. The Hall–Kier alpha value is -2.09. The summed E-state index contributed by atoms with van der Waals surface area (Å²) in [7, 11) is 0. The van der Waals surface area contributed by atoms with Gasteiger partial charge in [0, 0.05) is 38.0 Å². The Bertz CT molecular complexity index is 477. The summed E-state index contributed by atoms with van der Waals surface area (Å²) in [5, 5.41) is 11.8. The number of hydrogen-bond donors (Lipinski definition) is 3. The number of aromatic nitrogens is 2. The van der Waals surface area contributed by atoms with Gasteiger partial charge in [0.2, 0.25) is 0 Å². The van der Waals surface area contributed by atoms with Crippen LogP contribution in [-0.2, 0) is 16.0 Å². The molecule has 1 aliphatic heterocycles. The lowest BCUT2D eigenvalue weighted by Crippen LogP contribution is -2.50. The van der Waals surface area contributed by atoms with E-state index < -0.39 is 12.0 Å². The van der Waals surface area contributed by atoms with Gasteiger partial charge < -0.3 is 25.0 Å². The minimum atomic E-state index is -1.07. The molecule has 8 nitrogen and oxygen atoms in total. The molecule has 2 atom stereocenters. The molecule has 1 aliphatic rings. The third-order valence-electron chi connectivity index (χ3n) is 3.31. The number of nitrogens with zero attached hydrogens (tertiary/aromatic N) is 2. The van der Waals surface area contributed by atoms with Gasteiger partial charge >= 0.3 is 12.0 Å². The van der Waals surface area contributed by atoms with Crippen molar-refractivity contribution in [2.45, 2.75) is 31.9 Å². The average molecular weight is 296 g/mol. The number of carbonyl (C=O) groups excluding carboxylic acids is 1. The van der Waals surface area contributed by atoms with E-state index >= 15 is 0 Å². The molecule has 1 aromatic heterocycles. The number of ether oxygens (including phenoxy) is 1. The van der Waals surface area contributed by atoms with Crippen LogP contribution in [0.1, 0.15) is 19.0 Å². The second kappa shape index (κ2) is 7.07. The molecule has 1 saturated heterocycles. The van der Waals surface area contributed by atoms with Crippen molar-refractivity contribution in [2.75, 3.05) is 19.7 Å². The summed E-state index contributed by atoms with van der Waals surface area (Å²) >= 11 is 0. The lowest BCUT2D eigenvalue weighted by atomic mass is 10.1. The first-order valence-corrected chi connectivity index (χ1v) is 6.93. The minimum Gasteiger partial charge on any atom is -0.480 e. The summed E-state index contributed by atoms with van der Waals surface area (Å²) in [4.78, 5) is 31.8. The Morgan fingerprint density at radius 3 is 3.14 bits per heavy atom. The fourth-order valence-corrected chi connectivity index (χ4v) is 2.24. The van der Waals surface area contributed by atoms with Gasteiger partial charge in [-0.3, -0.25) is 0 Å². The predicted octanol–water partition coefficient (Wildman–Crippen LogP) is 0.226. The van der Waals surface area contributed by atoms with Gasteiger partial charge in [-0.2, -0.15) is 0 Å². The van der Waals surface area contributed by atoms with Crippen molar-refractivity contribution in [1.29, 1.82) is 0 Å². The SMILES string of the molecule is CC1CN(C(=O)N[C@H](Cc2cnc[nH]2)C(=O)O)CCCO1. The standard InChI is InChI=1S/C13H20N4O4/c1-9-7-17(3-2-4-21-9)13(20)16-11(12(18)19)5-10-6-14-8-15-10/h6,8-9,11H,2-5,7H2,1H3,(H,14,15)(H,16,20)(H,18,19)/t9?,11-/m1/s1. The zero-order valence-electron chi connectivity index (χ0n) is 11.9. The highest BCUT2D eigenvalue weighted by Crippen LogP contribution is 2.07. The minimum absolute atomic E-state index is 0.0471. The van der Waals surface area contributed by atoms with Crippen LogP contribution in [0.4, 0.5) is 4.79 Å². The van der Waals surface area contributed by atoms with Crippen LogP contribution in [0, 0.1) is 0 Å². The number of aromatic amines is 1. The highest BCUT2D eigenvalue weighted by atomic mass is 16.5. The lowest BCUT2D eigenvalue weighted by molar-refractivity contribution is -0.139. The Kier molecular flexibility index (Phi) is 5.15. The van der Waals surface area contributed by atoms with Crippen molar-refractivity contribution in [3.05, 3.63) is 18.2 Å². The zero-order chi connectivity index (χ0) is 15.2. The Balaban J connectivity index is 1.95. The van der Waals surface area contributed by atoms with Crippen molar-refractivity contribution in [3.63, 3.8) is 0 Å². The average Bonchev–Trinajstić information content (AvgIpc) is 2.84. The van der Waals surface area contributed by atoms with Crippen LogP contribution >= 0.6 is 0 Å². The molecule has 2 amide bonds. The number of carbonyl (C=O) groups is 2. The quantitative estimate of drug-likeness (QED) is 0.737. The van der Waals surface area contributed by atoms with Crippen molar-refractivity contribution in [2.24, 2.45) is 0 Å². The molecule has 0 radical (unpaired) electrons. The zero-order valence-corrected chi connectivity index (χ0v) is 11.9. The van der Waals surface area contributed by atoms with Crippen LogP contribution in [0.15, 0.2) is 12.5 Å². The molecule has 8 heteroatoms. The van der Waals surface area contributed by atoms with E-state index in [1.807, 2.05) is 6.92 Å². The largest absolute Gasteiger partial charge is 0.480 e. The molecule has 3 N–H and O–H groups in total. The molecule has 2 rings (SSSR count). The van der Waals surface area contributed by atoms with Gasteiger partial charge in [0.05, 0.1) is 12.4 Å². The van der Waals surface area contributed by atoms with Gasteiger partial charge in [-0.05, 0) is 13.3 Å². The van der Waals surface area contributed by atoms with E-state index in [2.05, 4.69) is 15.3 Å². The number of nitrogens with one attached hydrogen (secondary N) is 2. The van der Waals surface area contributed by atoms with Gasteiger partial charge in [-0.25, -0.2) is 14.6 Å². The third-order valence-corrected chi connectivity index (χ3v) is 3.31. The van der Waals surface area contributed by atoms with Crippen LogP contribution in [0.3, 0.4) is 0 Å².